The normalized spacial score (nSPS) is 14.5. The van der Waals surface area contributed by atoms with Crippen molar-refractivity contribution in [3.63, 3.8) is 0 Å². The number of Topliss-reactive ketones (excluding diaryl/α,β-unsaturated/α-hetero) is 1. The van der Waals surface area contributed by atoms with E-state index >= 15 is 0 Å². The average Bonchev–Trinajstić information content (AvgIpc) is 2.35. The van der Waals surface area contributed by atoms with Gasteiger partial charge in [0, 0.05) is 5.92 Å². The maximum absolute atomic E-state index is 11.5. The summed E-state index contributed by atoms with van der Waals surface area (Å²) >= 11 is 0. The van der Waals surface area contributed by atoms with Crippen LogP contribution in [0.5, 0.6) is 5.75 Å². The number of benzene rings is 1. The summed E-state index contributed by atoms with van der Waals surface area (Å²) in [6.45, 7) is 3.99. The minimum absolute atomic E-state index is 0.0487. The van der Waals surface area contributed by atoms with E-state index in [0.717, 1.165) is 12.2 Å². The third-order valence-corrected chi connectivity index (χ3v) is 3.35. The zero-order valence-electron chi connectivity index (χ0n) is 10.7. The van der Waals surface area contributed by atoms with Crippen LogP contribution in [0.1, 0.15) is 37.8 Å². The predicted octanol–water partition coefficient (Wildman–Crippen LogP) is 3.17. The Labute approximate surface area is 103 Å². The fourth-order valence-electron chi connectivity index (χ4n) is 2.12. The summed E-state index contributed by atoms with van der Waals surface area (Å²) < 4.78 is 5.55. The highest BCUT2D eigenvalue weighted by atomic mass is 16.5. The van der Waals surface area contributed by atoms with Gasteiger partial charge in [-0.3, -0.25) is 4.79 Å². The molecule has 1 aromatic carbocycles. The van der Waals surface area contributed by atoms with Gasteiger partial charge in [-0.2, -0.15) is 0 Å². The zero-order valence-corrected chi connectivity index (χ0v) is 10.7. The van der Waals surface area contributed by atoms with Gasteiger partial charge in [0.1, 0.15) is 12.4 Å². The molecule has 0 spiro atoms. The number of hydrogen-bond donors (Lipinski definition) is 0. The third kappa shape index (κ3) is 3.09. The zero-order chi connectivity index (χ0) is 12.3. The number of rotatable bonds is 4. The molecule has 92 valence electrons. The molecule has 2 nitrogen and oxygen atoms in total. The largest absolute Gasteiger partial charge is 0.486 e. The highest BCUT2D eigenvalue weighted by molar-refractivity contribution is 5.81. The molecule has 0 atom stereocenters. The van der Waals surface area contributed by atoms with E-state index in [2.05, 4.69) is 12.1 Å². The van der Waals surface area contributed by atoms with E-state index in [1.54, 1.807) is 0 Å². The van der Waals surface area contributed by atoms with Crippen molar-refractivity contribution in [2.24, 2.45) is 5.92 Å². The Morgan fingerprint density at radius 3 is 2.65 bits per heavy atom. The minimum Gasteiger partial charge on any atom is -0.486 e. The Bertz CT molecular complexity index is 407. The Morgan fingerprint density at radius 1 is 1.24 bits per heavy atom. The first-order valence-electron chi connectivity index (χ1n) is 6.44. The molecular formula is C15H20O2. The standard InChI is InChI=1S/C15H20O2/c1-11(2)15(16)10-17-14-8-7-12-5-3-4-6-13(12)9-14/h7-9,11H,3-6,10H2,1-2H3. The summed E-state index contributed by atoms with van der Waals surface area (Å²) in [5, 5.41) is 0. The van der Waals surface area contributed by atoms with E-state index in [9.17, 15) is 4.79 Å². The van der Waals surface area contributed by atoms with Crippen LogP contribution in [0, 0.1) is 5.92 Å². The molecule has 0 saturated heterocycles. The van der Waals surface area contributed by atoms with Crippen molar-refractivity contribution in [1.82, 2.24) is 0 Å². The molecule has 0 aliphatic heterocycles. The first kappa shape index (κ1) is 12.2. The Hall–Kier alpha value is -1.31. The Morgan fingerprint density at radius 2 is 1.94 bits per heavy atom. The molecule has 0 radical (unpaired) electrons. The predicted molar refractivity (Wildman–Crippen MR) is 68.4 cm³/mol. The van der Waals surface area contributed by atoms with Gasteiger partial charge >= 0.3 is 0 Å². The lowest BCUT2D eigenvalue weighted by Gasteiger charge is -2.16. The van der Waals surface area contributed by atoms with Crippen LogP contribution in [0.2, 0.25) is 0 Å². The Kier molecular flexibility index (Phi) is 3.82. The maximum Gasteiger partial charge on any atom is 0.172 e. The van der Waals surface area contributed by atoms with Gasteiger partial charge in [-0.15, -0.1) is 0 Å². The number of fused-ring (bicyclic) bond motifs is 1. The van der Waals surface area contributed by atoms with Crippen molar-refractivity contribution in [2.75, 3.05) is 6.61 Å². The monoisotopic (exact) mass is 232 g/mol. The number of carbonyl (C=O) groups is 1. The van der Waals surface area contributed by atoms with E-state index in [0.29, 0.717) is 0 Å². The summed E-state index contributed by atoms with van der Waals surface area (Å²) in [6, 6.07) is 6.23. The van der Waals surface area contributed by atoms with Crippen LogP contribution in [0.3, 0.4) is 0 Å². The second-order valence-electron chi connectivity index (χ2n) is 5.05. The number of carbonyl (C=O) groups excluding carboxylic acids is 1. The lowest BCUT2D eigenvalue weighted by molar-refractivity contribution is -0.123. The van der Waals surface area contributed by atoms with Crippen molar-refractivity contribution in [2.45, 2.75) is 39.5 Å². The summed E-state index contributed by atoms with van der Waals surface area (Å²) in [5.41, 5.74) is 2.84. The molecule has 0 N–H and O–H groups in total. The number of aryl methyl sites for hydroxylation is 2. The third-order valence-electron chi connectivity index (χ3n) is 3.35. The van der Waals surface area contributed by atoms with Gasteiger partial charge in [-0.1, -0.05) is 19.9 Å². The van der Waals surface area contributed by atoms with Crippen molar-refractivity contribution in [3.05, 3.63) is 29.3 Å². The van der Waals surface area contributed by atoms with Gasteiger partial charge in [0.2, 0.25) is 0 Å². The molecule has 1 aliphatic rings. The van der Waals surface area contributed by atoms with Crippen LogP contribution in [0.4, 0.5) is 0 Å². The number of ketones is 1. The molecule has 1 aromatic rings. The number of hydrogen-bond acceptors (Lipinski definition) is 2. The van der Waals surface area contributed by atoms with Crippen molar-refractivity contribution in [1.29, 1.82) is 0 Å². The fourth-order valence-corrected chi connectivity index (χ4v) is 2.12. The van der Waals surface area contributed by atoms with E-state index in [1.165, 1.54) is 30.4 Å². The summed E-state index contributed by atoms with van der Waals surface area (Å²) in [6.07, 6.45) is 4.88. The summed E-state index contributed by atoms with van der Waals surface area (Å²) in [5.74, 6) is 1.04. The fraction of sp³-hybridized carbons (Fsp3) is 0.533. The molecule has 2 rings (SSSR count). The van der Waals surface area contributed by atoms with E-state index in [1.807, 2.05) is 19.9 Å². The highest BCUT2D eigenvalue weighted by Crippen LogP contribution is 2.25. The van der Waals surface area contributed by atoms with Crippen LogP contribution in [0.25, 0.3) is 0 Å². The second-order valence-corrected chi connectivity index (χ2v) is 5.05. The first-order valence-corrected chi connectivity index (χ1v) is 6.44. The molecule has 0 amide bonds. The molecule has 0 fully saturated rings. The molecule has 2 heteroatoms. The van der Waals surface area contributed by atoms with Gasteiger partial charge in [0.25, 0.3) is 0 Å². The van der Waals surface area contributed by atoms with E-state index < -0.39 is 0 Å². The Balaban J connectivity index is 2.00. The molecule has 1 aliphatic carbocycles. The molecule has 0 bridgehead atoms. The van der Waals surface area contributed by atoms with Crippen molar-refractivity contribution in [3.8, 4) is 5.75 Å². The van der Waals surface area contributed by atoms with Crippen molar-refractivity contribution >= 4 is 5.78 Å². The molecule has 0 heterocycles. The van der Waals surface area contributed by atoms with Gasteiger partial charge in [-0.25, -0.2) is 0 Å². The van der Waals surface area contributed by atoms with Crippen LogP contribution in [-0.2, 0) is 17.6 Å². The van der Waals surface area contributed by atoms with Gasteiger partial charge in [0.15, 0.2) is 5.78 Å². The van der Waals surface area contributed by atoms with Crippen LogP contribution >= 0.6 is 0 Å². The smallest absolute Gasteiger partial charge is 0.172 e. The highest BCUT2D eigenvalue weighted by Gasteiger charge is 2.11. The van der Waals surface area contributed by atoms with Gasteiger partial charge in [0.05, 0.1) is 0 Å². The van der Waals surface area contributed by atoms with E-state index in [-0.39, 0.29) is 18.3 Å². The van der Waals surface area contributed by atoms with Crippen molar-refractivity contribution < 1.29 is 9.53 Å². The topological polar surface area (TPSA) is 26.3 Å². The quantitative estimate of drug-likeness (QED) is 0.797. The van der Waals surface area contributed by atoms with Crippen LogP contribution in [-0.4, -0.2) is 12.4 Å². The van der Waals surface area contributed by atoms with E-state index in [4.69, 9.17) is 4.74 Å². The molecule has 0 unspecified atom stereocenters. The minimum atomic E-state index is 0.0487. The SMILES string of the molecule is CC(C)C(=O)COc1ccc2c(c1)CCCC2. The first-order chi connectivity index (χ1) is 8.16. The lowest BCUT2D eigenvalue weighted by atomic mass is 9.92. The summed E-state index contributed by atoms with van der Waals surface area (Å²) in [7, 11) is 0. The molecular weight excluding hydrogens is 212 g/mol. The van der Waals surface area contributed by atoms with Gasteiger partial charge in [-0.05, 0) is 48.9 Å². The number of ether oxygens (including phenoxy) is 1. The molecule has 17 heavy (non-hydrogen) atoms. The lowest BCUT2D eigenvalue weighted by Crippen LogP contribution is -2.17. The molecule has 0 aromatic heterocycles. The maximum atomic E-state index is 11.5. The second kappa shape index (κ2) is 5.35. The molecule has 0 saturated carbocycles. The van der Waals surface area contributed by atoms with Crippen LogP contribution < -0.4 is 4.74 Å². The summed E-state index contributed by atoms with van der Waals surface area (Å²) in [4.78, 5) is 11.5. The van der Waals surface area contributed by atoms with Crippen LogP contribution in [0.15, 0.2) is 18.2 Å². The average molecular weight is 232 g/mol. The van der Waals surface area contributed by atoms with Gasteiger partial charge < -0.3 is 4.74 Å².